The van der Waals surface area contributed by atoms with Crippen LogP contribution in [0.25, 0.3) is 5.57 Å². The second-order valence-corrected chi connectivity index (χ2v) is 5.60. The molecule has 0 spiro atoms. The second kappa shape index (κ2) is 6.01. The van der Waals surface area contributed by atoms with Crippen LogP contribution in [-0.2, 0) is 0 Å². The summed E-state index contributed by atoms with van der Waals surface area (Å²) in [6.45, 7) is 2.12. The Hall–Kier alpha value is -2.28. The van der Waals surface area contributed by atoms with Crippen molar-refractivity contribution in [3.05, 3.63) is 77.9 Å². The highest BCUT2D eigenvalue weighted by molar-refractivity contribution is 5.73. The average molecular weight is 275 g/mol. The van der Waals surface area contributed by atoms with Crippen molar-refractivity contribution >= 4 is 16.9 Å². The Morgan fingerprint density at radius 2 is 1.76 bits per heavy atom. The molecule has 106 valence electrons. The Kier molecular flexibility index (Phi) is 3.92. The summed E-state index contributed by atoms with van der Waals surface area (Å²) in [6.07, 6.45) is 8.90. The van der Waals surface area contributed by atoms with E-state index >= 15 is 0 Å². The molecule has 0 amide bonds. The molecule has 2 aromatic rings. The lowest BCUT2D eigenvalue weighted by atomic mass is 9.97. The molecule has 1 nitrogen and oxygen atoms in total. The van der Waals surface area contributed by atoms with Gasteiger partial charge >= 0.3 is 0 Å². The quantitative estimate of drug-likeness (QED) is 0.715. The molecule has 0 heterocycles. The predicted octanol–water partition coefficient (Wildman–Crippen LogP) is 5.50. The van der Waals surface area contributed by atoms with Gasteiger partial charge in [0.2, 0.25) is 0 Å². The maximum absolute atomic E-state index is 2.28. The Bertz CT molecular complexity index is 677. The number of anilines is 2. The molecule has 1 aliphatic carbocycles. The van der Waals surface area contributed by atoms with Crippen molar-refractivity contribution in [3.63, 3.8) is 0 Å². The highest BCUT2D eigenvalue weighted by Gasteiger charge is 2.07. The first-order valence-corrected chi connectivity index (χ1v) is 7.50. The molecule has 0 aliphatic heterocycles. The number of nitrogens with zero attached hydrogens (tertiary/aromatic N) is 1. The van der Waals surface area contributed by atoms with Crippen molar-refractivity contribution in [1.29, 1.82) is 0 Å². The second-order valence-electron chi connectivity index (χ2n) is 5.60. The van der Waals surface area contributed by atoms with Gasteiger partial charge in [0.25, 0.3) is 0 Å². The van der Waals surface area contributed by atoms with E-state index in [1.807, 2.05) is 0 Å². The van der Waals surface area contributed by atoms with E-state index in [9.17, 15) is 0 Å². The fourth-order valence-electron chi connectivity index (χ4n) is 2.67. The van der Waals surface area contributed by atoms with Gasteiger partial charge in [-0.05, 0) is 55.2 Å². The predicted molar refractivity (Wildman–Crippen MR) is 92.0 cm³/mol. The monoisotopic (exact) mass is 275 g/mol. The molecule has 1 aliphatic rings. The largest absolute Gasteiger partial charge is 0.345 e. The van der Waals surface area contributed by atoms with Crippen LogP contribution >= 0.6 is 0 Å². The van der Waals surface area contributed by atoms with Crippen LogP contribution < -0.4 is 4.90 Å². The maximum atomic E-state index is 2.28. The van der Waals surface area contributed by atoms with Gasteiger partial charge in [-0.3, -0.25) is 0 Å². The van der Waals surface area contributed by atoms with E-state index in [0.717, 1.165) is 12.8 Å². The summed E-state index contributed by atoms with van der Waals surface area (Å²) in [5, 5.41) is 0. The fourth-order valence-corrected chi connectivity index (χ4v) is 2.67. The van der Waals surface area contributed by atoms with Gasteiger partial charge in [-0.1, -0.05) is 48.1 Å². The van der Waals surface area contributed by atoms with E-state index in [2.05, 4.69) is 85.6 Å². The maximum Gasteiger partial charge on any atom is 0.0414 e. The zero-order chi connectivity index (χ0) is 14.7. The Morgan fingerprint density at radius 1 is 0.952 bits per heavy atom. The number of benzene rings is 2. The third-order valence-corrected chi connectivity index (χ3v) is 4.04. The van der Waals surface area contributed by atoms with Crippen molar-refractivity contribution in [2.24, 2.45) is 0 Å². The highest BCUT2D eigenvalue weighted by atomic mass is 15.1. The lowest BCUT2D eigenvalue weighted by molar-refractivity contribution is 1.05. The van der Waals surface area contributed by atoms with Crippen molar-refractivity contribution in [1.82, 2.24) is 0 Å². The third kappa shape index (κ3) is 3.08. The first-order chi connectivity index (χ1) is 10.2. The van der Waals surface area contributed by atoms with E-state index < -0.39 is 0 Å². The SMILES string of the molecule is Cc1ccc(N(C)c2cccc(C3=CC=CCC3)c2)cc1. The topological polar surface area (TPSA) is 3.24 Å². The molecule has 0 saturated carbocycles. The van der Waals surface area contributed by atoms with Gasteiger partial charge in [0.1, 0.15) is 0 Å². The number of allylic oxidation sites excluding steroid dienone is 4. The summed E-state index contributed by atoms with van der Waals surface area (Å²) in [5.74, 6) is 0. The average Bonchev–Trinajstić information content (AvgIpc) is 2.56. The van der Waals surface area contributed by atoms with Gasteiger partial charge in [0.05, 0.1) is 0 Å². The number of hydrogen-bond acceptors (Lipinski definition) is 1. The molecule has 0 aromatic heterocycles. The third-order valence-electron chi connectivity index (χ3n) is 4.04. The molecule has 0 N–H and O–H groups in total. The van der Waals surface area contributed by atoms with Crippen LogP contribution in [0.4, 0.5) is 11.4 Å². The molecule has 1 heteroatoms. The first kappa shape index (κ1) is 13.7. The molecule has 0 fully saturated rings. The lowest BCUT2D eigenvalue weighted by Crippen LogP contribution is -2.09. The van der Waals surface area contributed by atoms with Crippen molar-refractivity contribution in [2.45, 2.75) is 19.8 Å². The smallest absolute Gasteiger partial charge is 0.0414 e. The molecule has 2 aromatic carbocycles. The molecule has 0 unspecified atom stereocenters. The molecular weight excluding hydrogens is 254 g/mol. The Morgan fingerprint density at radius 3 is 2.48 bits per heavy atom. The van der Waals surface area contributed by atoms with Gasteiger partial charge in [-0.25, -0.2) is 0 Å². The van der Waals surface area contributed by atoms with Crippen molar-refractivity contribution < 1.29 is 0 Å². The Labute approximate surface area is 127 Å². The first-order valence-electron chi connectivity index (χ1n) is 7.50. The van der Waals surface area contributed by atoms with Gasteiger partial charge in [0.15, 0.2) is 0 Å². The fraction of sp³-hybridized carbons (Fsp3) is 0.200. The van der Waals surface area contributed by atoms with Crippen LogP contribution in [0.3, 0.4) is 0 Å². The van der Waals surface area contributed by atoms with E-state index in [1.165, 1.54) is 28.1 Å². The molecule has 0 saturated heterocycles. The summed E-state index contributed by atoms with van der Waals surface area (Å²) in [4.78, 5) is 2.24. The summed E-state index contributed by atoms with van der Waals surface area (Å²) < 4.78 is 0. The highest BCUT2D eigenvalue weighted by Crippen LogP contribution is 2.29. The van der Waals surface area contributed by atoms with Gasteiger partial charge in [-0.15, -0.1) is 0 Å². The summed E-state index contributed by atoms with van der Waals surface area (Å²) in [6, 6.07) is 17.5. The van der Waals surface area contributed by atoms with Gasteiger partial charge in [-0.2, -0.15) is 0 Å². The summed E-state index contributed by atoms with van der Waals surface area (Å²) in [7, 11) is 2.12. The molecular formula is C20H21N. The van der Waals surface area contributed by atoms with E-state index in [-0.39, 0.29) is 0 Å². The number of hydrogen-bond donors (Lipinski definition) is 0. The molecule has 0 atom stereocenters. The minimum absolute atomic E-state index is 1.13. The molecule has 3 rings (SSSR count). The van der Waals surface area contributed by atoms with E-state index in [4.69, 9.17) is 0 Å². The molecule has 0 radical (unpaired) electrons. The summed E-state index contributed by atoms with van der Waals surface area (Å²) >= 11 is 0. The van der Waals surface area contributed by atoms with Crippen LogP contribution in [0.5, 0.6) is 0 Å². The lowest BCUT2D eigenvalue weighted by Gasteiger charge is -2.21. The van der Waals surface area contributed by atoms with Gasteiger partial charge in [0, 0.05) is 18.4 Å². The molecule has 0 bridgehead atoms. The van der Waals surface area contributed by atoms with Crippen LogP contribution in [-0.4, -0.2) is 7.05 Å². The number of rotatable bonds is 3. The standard InChI is InChI=1S/C20H21N/c1-16-11-13-19(14-12-16)21(2)20-10-6-9-18(15-20)17-7-4-3-5-8-17/h3-4,6-7,9-15H,5,8H2,1-2H3. The van der Waals surface area contributed by atoms with E-state index in [1.54, 1.807) is 0 Å². The minimum Gasteiger partial charge on any atom is -0.345 e. The van der Waals surface area contributed by atoms with Crippen LogP contribution in [0, 0.1) is 6.92 Å². The van der Waals surface area contributed by atoms with Crippen LogP contribution in [0.15, 0.2) is 66.8 Å². The Balaban J connectivity index is 1.90. The normalized spacial score (nSPS) is 13.9. The molecule has 21 heavy (non-hydrogen) atoms. The van der Waals surface area contributed by atoms with Crippen molar-refractivity contribution in [3.8, 4) is 0 Å². The van der Waals surface area contributed by atoms with Crippen molar-refractivity contribution in [2.75, 3.05) is 11.9 Å². The zero-order valence-electron chi connectivity index (χ0n) is 12.7. The minimum atomic E-state index is 1.13. The van der Waals surface area contributed by atoms with E-state index in [0.29, 0.717) is 0 Å². The number of aryl methyl sites for hydroxylation is 1. The van der Waals surface area contributed by atoms with Crippen LogP contribution in [0.1, 0.15) is 24.0 Å². The van der Waals surface area contributed by atoms with Gasteiger partial charge < -0.3 is 4.90 Å². The zero-order valence-corrected chi connectivity index (χ0v) is 12.7. The summed E-state index contributed by atoms with van der Waals surface area (Å²) in [5.41, 5.74) is 6.49. The van der Waals surface area contributed by atoms with Crippen LogP contribution in [0.2, 0.25) is 0 Å².